The Morgan fingerprint density at radius 3 is 2.69 bits per heavy atom. The highest BCUT2D eigenvalue weighted by Crippen LogP contribution is 2.13. The van der Waals surface area contributed by atoms with Crippen LogP contribution in [0.15, 0.2) is 52.6 Å². The van der Waals surface area contributed by atoms with Gasteiger partial charge < -0.3 is 10.1 Å². The van der Waals surface area contributed by atoms with Gasteiger partial charge in [0.1, 0.15) is 22.0 Å². The molecule has 0 atom stereocenters. The highest BCUT2D eigenvalue weighted by atomic mass is 79.9. The predicted octanol–water partition coefficient (Wildman–Crippen LogP) is 3.90. The second-order valence-corrected chi connectivity index (χ2v) is 6.43. The van der Waals surface area contributed by atoms with Crippen molar-refractivity contribution in [1.29, 1.82) is 5.26 Å². The second kappa shape index (κ2) is 10.4. The maximum absolute atomic E-state index is 12.1. The number of hydrogen-bond donors (Lipinski definition) is 1. The van der Waals surface area contributed by atoms with Crippen molar-refractivity contribution in [1.82, 2.24) is 10.3 Å². The maximum atomic E-state index is 12.1. The molecule has 0 saturated carbocycles. The average Bonchev–Trinajstić information content (AvgIpc) is 2.66. The summed E-state index contributed by atoms with van der Waals surface area (Å²) >= 11 is 3.27. The number of ether oxygens (including phenoxy) is 1. The minimum atomic E-state index is -0.376. The Morgan fingerprint density at radius 2 is 2.04 bits per heavy atom. The van der Waals surface area contributed by atoms with Gasteiger partial charge >= 0.3 is 0 Å². The first-order valence-electron chi connectivity index (χ1n) is 8.28. The van der Waals surface area contributed by atoms with Gasteiger partial charge in [0, 0.05) is 6.54 Å². The SMILES string of the molecule is COc1ccc(CCCCNC(=O)/C(C#N)=C/c2cccc(Br)n2)cc1. The fourth-order valence-corrected chi connectivity index (χ4v) is 2.70. The smallest absolute Gasteiger partial charge is 0.262 e. The van der Waals surface area contributed by atoms with Gasteiger partial charge in [0.2, 0.25) is 0 Å². The van der Waals surface area contributed by atoms with E-state index in [0.29, 0.717) is 16.8 Å². The van der Waals surface area contributed by atoms with Crippen molar-refractivity contribution < 1.29 is 9.53 Å². The largest absolute Gasteiger partial charge is 0.497 e. The van der Waals surface area contributed by atoms with Gasteiger partial charge in [-0.1, -0.05) is 18.2 Å². The molecule has 0 spiro atoms. The number of aryl methyl sites for hydroxylation is 1. The molecule has 5 nitrogen and oxygen atoms in total. The third-order valence-electron chi connectivity index (χ3n) is 3.73. The summed E-state index contributed by atoms with van der Waals surface area (Å²) in [5.74, 6) is 0.468. The van der Waals surface area contributed by atoms with Crippen LogP contribution in [0.25, 0.3) is 6.08 Å². The summed E-state index contributed by atoms with van der Waals surface area (Å²) in [6.45, 7) is 0.528. The first-order valence-corrected chi connectivity index (χ1v) is 9.07. The molecule has 0 fully saturated rings. The number of halogens is 1. The lowest BCUT2D eigenvalue weighted by Crippen LogP contribution is -2.25. The molecule has 0 saturated heterocycles. The number of nitriles is 1. The van der Waals surface area contributed by atoms with E-state index in [2.05, 4.69) is 26.2 Å². The molecule has 0 aliphatic rings. The summed E-state index contributed by atoms with van der Waals surface area (Å²) in [6.07, 6.45) is 4.21. The van der Waals surface area contributed by atoms with Crippen LogP contribution in [0.4, 0.5) is 0 Å². The van der Waals surface area contributed by atoms with Gasteiger partial charge in [0.15, 0.2) is 0 Å². The Labute approximate surface area is 161 Å². The van der Waals surface area contributed by atoms with E-state index in [1.165, 1.54) is 11.6 Å². The summed E-state index contributed by atoms with van der Waals surface area (Å²) < 4.78 is 5.79. The number of nitrogens with zero attached hydrogens (tertiary/aromatic N) is 2. The van der Waals surface area contributed by atoms with E-state index in [4.69, 9.17) is 4.74 Å². The zero-order valence-corrected chi connectivity index (χ0v) is 16.1. The predicted molar refractivity (Wildman–Crippen MR) is 104 cm³/mol. The van der Waals surface area contributed by atoms with Gasteiger partial charge in [-0.2, -0.15) is 5.26 Å². The van der Waals surface area contributed by atoms with Crippen molar-refractivity contribution >= 4 is 27.9 Å². The average molecular weight is 414 g/mol. The van der Waals surface area contributed by atoms with E-state index in [0.717, 1.165) is 25.0 Å². The first kappa shape index (κ1) is 19.7. The number of nitrogens with one attached hydrogen (secondary N) is 1. The van der Waals surface area contributed by atoms with Crippen LogP contribution < -0.4 is 10.1 Å². The zero-order valence-electron chi connectivity index (χ0n) is 14.5. The van der Waals surface area contributed by atoms with Gasteiger partial charge in [-0.3, -0.25) is 4.79 Å². The summed E-state index contributed by atoms with van der Waals surface area (Å²) in [7, 11) is 1.65. The number of pyridine rings is 1. The topological polar surface area (TPSA) is 75.0 Å². The van der Waals surface area contributed by atoms with Gasteiger partial charge in [-0.05, 0) is 71.1 Å². The number of carbonyl (C=O) groups is 1. The molecule has 6 heteroatoms. The monoisotopic (exact) mass is 413 g/mol. The lowest BCUT2D eigenvalue weighted by atomic mass is 10.1. The third kappa shape index (κ3) is 6.34. The van der Waals surface area contributed by atoms with Gasteiger partial charge in [0.05, 0.1) is 12.8 Å². The Morgan fingerprint density at radius 1 is 1.27 bits per heavy atom. The molecule has 2 aromatic rings. The van der Waals surface area contributed by atoms with Crippen LogP contribution in [0.2, 0.25) is 0 Å². The minimum Gasteiger partial charge on any atom is -0.497 e. The fourth-order valence-electron chi connectivity index (χ4n) is 2.34. The Bertz CT molecular complexity index is 811. The van der Waals surface area contributed by atoms with Gasteiger partial charge in [-0.25, -0.2) is 4.98 Å². The molecule has 1 aromatic heterocycles. The van der Waals surface area contributed by atoms with Crippen molar-refractivity contribution in [2.75, 3.05) is 13.7 Å². The van der Waals surface area contributed by atoms with Crippen molar-refractivity contribution in [2.24, 2.45) is 0 Å². The van der Waals surface area contributed by atoms with E-state index in [9.17, 15) is 10.1 Å². The second-order valence-electron chi connectivity index (χ2n) is 5.62. The van der Waals surface area contributed by atoms with Gasteiger partial charge in [0.25, 0.3) is 5.91 Å². The number of aromatic nitrogens is 1. The number of methoxy groups -OCH3 is 1. The molecule has 134 valence electrons. The Kier molecular flexibility index (Phi) is 7.84. The van der Waals surface area contributed by atoms with Crippen LogP contribution in [0, 0.1) is 11.3 Å². The minimum absolute atomic E-state index is 0.0470. The molecule has 0 aliphatic heterocycles. The number of unbranched alkanes of at least 4 members (excludes halogenated alkanes) is 1. The molecule has 2 rings (SSSR count). The number of benzene rings is 1. The summed E-state index contributed by atoms with van der Waals surface area (Å²) in [6, 6.07) is 15.2. The van der Waals surface area contributed by atoms with E-state index in [-0.39, 0.29) is 11.5 Å². The van der Waals surface area contributed by atoms with E-state index >= 15 is 0 Å². The normalized spacial score (nSPS) is 10.9. The van der Waals surface area contributed by atoms with Gasteiger partial charge in [-0.15, -0.1) is 0 Å². The zero-order chi connectivity index (χ0) is 18.8. The number of carbonyl (C=O) groups excluding carboxylic acids is 1. The molecule has 1 amide bonds. The van der Waals surface area contributed by atoms with Crippen LogP contribution in [0.3, 0.4) is 0 Å². The van der Waals surface area contributed by atoms with Crippen LogP contribution in [0.5, 0.6) is 5.75 Å². The quantitative estimate of drug-likeness (QED) is 0.308. The molecule has 1 heterocycles. The van der Waals surface area contributed by atoms with Crippen LogP contribution in [-0.2, 0) is 11.2 Å². The standard InChI is InChI=1S/C20H20BrN3O2/c1-26-18-10-8-15(9-11-18)5-2-3-12-23-20(25)16(14-22)13-17-6-4-7-19(21)24-17/h4,6-11,13H,2-3,5,12H2,1H3,(H,23,25)/b16-13+. The Hall–Kier alpha value is -2.65. The van der Waals surface area contributed by atoms with E-state index < -0.39 is 0 Å². The van der Waals surface area contributed by atoms with E-state index in [1.54, 1.807) is 25.3 Å². The fraction of sp³-hybridized carbons (Fsp3) is 0.250. The van der Waals surface area contributed by atoms with Crippen molar-refractivity contribution in [3.05, 3.63) is 63.9 Å². The van der Waals surface area contributed by atoms with Crippen LogP contribution >= 0.6 is 15.9 Å². The number of rotatable bonds is 8. The Balaban J connectivity index is 1.77. The first-order chi connectivity index (χ1) is 12.6. The summed E-state index contributed by atoms with van der Waals surface area (Å²) in [4.78, 5) is 16.3. The molecular weight excluding hydrogens is 394 g/mol. The molecule has 0 bridgehead atoms. The van der Waals surface area contributed by atoms with Crippen LogP contribution in [0.1, 0.15) is 24.1 Å². The molecule has 1 N–H and O–H groups in total. The molecule has 0 aliphatic carbocycles. The lowest BCUT2D eigenvalue weighted by molar-refractivity contribution is -0.117. The van der Waals surface area contributed by atoms with Crippen molar-refractivity contribution in [3.63, 3.8) is 0 Å². The molecule has 0 unspecified atom stereocenters. The molecule has 0 radical (unpaired) electrons. The highest BCUT2D eigenvalue weighted by Gasteiger charge is 2.08. The van der Waals surface area contributed by atoms with E-state index in [1.807, 2.05) is 30.3 Å². The summed E-state index contributed by atoms with van der Waals surface area (Å²) in [5, 5.41) is 12.0. The third-order valence-corrected chi connectivity index (χ3v) is 4.17. The highest BCUT2D eigenvalue weighted by molar-refractivity contribution is 9.10. The van der Waals surface area contributed by atoms with Crippen molar-refractivity contribution in [3.8, 4) is 11.8 Å². The number of hydrogen-bond acceptors (Lipinski definition) is 4. The number of amides is 1. The summed E-state index contributed by atoms with van der Waals surface area (Å²) in [5.41, 5.74) is 1.84. The van der Waals surface area contributed by atoms with Crippen molar-refractivity contribution in [2.45, 2.75) is 19.3 Å². The lowest BCUT2D eigenvalue weighted by Gasteiger charge is -2.05. The molecule has 1 aromatic carbocycles. The maximum Gasteiger partial charge on any atom is 0.262 e. The molecular formula is C20H20BrN3O2. The molecule has 26 heavy (non-hydrogen) atoms. The van der Waals surface area contributed by atoms with Crippen LogP contribution in [-0.4, -0.2) is 24.5 Å².